The molecule has 9 amide bonds. The van der Waals surface area contributed by atoms with Crippen molar-refractivity contribution < 1.29 is 53.4 Å². The average Bonchev–Trinajstić information content (AvgIpc) is 3.27. The van der Waals surface area contributed by atoms with Crippen molar-refractivity contribution in [1.82, 2.24) is 47.9 Å². The molecular weight excluding hydrogens is 921 g/mol. The van der Waals surface area contributed by atoms with Crippen molar-refractivity contribution in [3.8, 4) is 0 Å². The fourth-order valence-electron chi connectivity index (χ4n) is 7.93. The number of rotatable bonds is 24. The van der Waals surface area contributed by atoms with E-state index in [1.807, 2.05) is 41.5 Å². The maximum atomic E-state index is 14.2. The zero-order chi connectivity index (χ0) is 53.8. The highest BCUT2D eigenvalue weighted by atomic mass is 16.3. The molecule has 1 aliphatic heterocycles. The third-order valence-corrected chi connectivity index (χ3v) is 11.7. The van der Waals surface area contributed by atoms with Crippen LogP contribution in [0.1, 0.15) is 139 Å². The molecule has 0 aromatic carbocycles. The molecule has 0 bridgehead atoms. The summed E-state index contributed by atoms with van der Waals surface area (Å²) in [4.78, 5) is 124. The number of hydrogen-bond donors (Lipinski definition) is 14. The summed E-state index contributed by atoms with van der Waals surface area (Å²) in [5.74, 6) is -6.99. The van der Waals surface area contributed by atoms with Crippen LogP contribution in [-0.4, -0.2) is 151 Å². The predicted octanol–water partition coefficient (Wildman–Crippen LogP) is -2.08. The van der Waals surface area contributed by atoms with Gasteiger partial charge in [0.15, 0.2) is 0 Å². The van der Waals surface area contributed by atoms with E-state index in [2.05, 4.69) is 61.7 Å². The zero-order valence-corrected chi connectivity index (χ0v) is 43.5. The minimum atomic E-state index is -1.57. The molecule has 1 fully saturated rings. The molecule has 9 atom stereocenters. The molecule has 408 valence electrons. The summed E-state index contributed by atoms with van der Waals surface area (Å²) in [6.07, 6.45) is 2.41. The Labute approximate surface area is 420 Å². The Morgan fingerprint density at radius 3 is 1.32 bits per heavy atom. The van der Waals surface area contributed by atoms with Crippen molar-refractivity contribution >= 4 is 53.2 Å². The van der Waals surface area contributed by atoms with Gasteiger partial charge < -0.3 is 75.3 Å². The minimum Gasteiger partial charge on any atom is -0.394 e. The van der Waals surface area contributed by atoms with Crippen molar-refractivity contribution in [2.45, 2.75) is 193 Å². The Bertz CT molecular complexity index is 1700. The normalized spacial score (nSPS) is 23.7. The average molecular weight is 1010 g/mol. The molecule has 0 spiro atoms. The molecule has 23 heteroatoms. The van der Waals surface area contributed by atoms with Crippen LogP contribution in [0.5, 0.6) is 0 Å². The van der Waals surface area contributed by atoms with E-state index >= 15 is 0 Å². The Kier molecular flexibility index (Phi) is 31.0. The highest BCUT2D eigenvalue weighted by Gasteiger charge is 2.35. The van der Waals surface area contributed by atoms with E-state index in [1.54, 1.807) is 0 Å². The standard InChI is InChI=1S/C48H90N12O11/c1-27(2)12-10-9-11-13-31(62)25-40(63)53-39(26-61)48(71)57-35-17-21-52-41(64)36(22-28(3)4)58-43(66)33(15-19-50)54-42(65)32(14-18-49)56-46(69)37(23-29(5)6)60-47(70)38(24-30(7)8)59-44(67)34(16-20-51)55-45(35)68/h27-39,61-62H,9-26,49-51H2,1-8H3,(H,52,64)(H,53,63)(H,54,65)(H,55,68)(H,56,69)(H,57,71)(H,58,66)(H,59,67)(H,60,70)/t31?,32-,33-,34?,35?,36?,37-,38+,39+/m0/s1. The molecule has 71 heavy (non-hydrogen) atoms. The van der Waals surface area contributed by atoms with Crippen LogP contribution >= 0.6 is 0 Å². The summed E-state index contributed by atoms with van der Waals surface area (Å²) in [6, 6.07) is -10.6. The molecule has 17 N–H and O–H groups in total. The molecule has 0 aliphatic carbocycles. The first-order valence-corrected chi connectivity index (χ1v) is 25.5. The lowest BCUT2D eigenvalue weighted by Gasteiger charge is -2.29. The smallest absolute Gasteiger partial charge is 0.245 e. The van der Waals surface area contributed by atoms with Crippen LogP contribution in [-0.2, 0) is 43.2 Å². The fourth-order valence-corrected chi connectivity index (χ4v) is 7.93. The van der Waals surface area contributed by atoms with Crippen molar-refractivity contribution in [1.29, 1.82) is 0 Å². The number of aliphatic hydroxyl groups is 2. The van der Waals surface area contributed by atoms with Crippen LogP contribution in [0, 0.1) is 23.7 Å². The monoisotopic (exact) mass is 1010 g/mol. The molecular formula is C48H90N12O11. The van der Waals surface area contributed by atoms with Gasteiger partial charge in [0.25, 0.3) is 0 Å². The Morgan fingerprint density at radius 1 is 0.549 bits per heavy atom. The SMILES string of the molecule is CC(C)CCCCCC(O)CC(=O)N[C@H](CO)C(=O)NC1CCNC(=O)C(CC(C)C)NC(=O)[C@H](CCN)NC(=O)[C@H](CCN)NC(=O)[C@H](CC(C)C)NC(=O)[C@@H](CC(C)C)NC(=O)C(CCN)NC1=O. The number of aliphatic hydroxyl groups excluding tert-OH is 2. The number of amides is 9. The number of nitrogens with one attached hydrogen (secondary N) is 9. The van der Waals surface area contributed by atoms with E-state index in [1.165, 1.54) is 0 Å². The maximum absolute atomic E-state index is 14.2. The Morgan fingerprint density at radius 2 is 0.930 bits per heavy atom. The van der Waals surface area contributed by atoms with E-state index in [9.17, 15) is 53.4 Å². The highest BCUT2D eigenvalue weighted by molar-refractivity contribution is 5.98. The fraction of sp³-hybridized carbons (Fsp3) is 0.812. The van der Waals surface area contributed by atoms with Gasteiger partial charge in [0, 0.05) is 6.54 Å². The predicted molar refractivity (Wildman–Crippen MR) is 268 cm³/mol. The largest absolute Gasteiger partial charge is 0.394 e. The van der Waals surface area contributed by atoms with E-state index in [-0.39, 0.29) is 95.3 Å². The number of hydrogen-bond acceptors (Lipinski definition) is 14. The first-order chi connectivity index (χ1) is 33.5. The summed E-state index contributed by atoms with van der Waals surface area (Å²) in [6.45, 7) is 13.8. The zero-order valence-electron chi connectivity index (χ0n) is 43.5. The van der Waals surface area contributed by atoms with E-state index in [0.717, 1.165) is 19.3 Å². The minimum absolute atomic E-state index is 0.0416. The van der Waals surface area contributed by atoms with Crippen molar-refractivity contribution in [2.24, 2.45) is 40.9 Å². The second-order valence-electron chi connectivity index (χ2n) is 20.3. The summed E-state index contributed by atoms with van der Waals surface area (Å²) in [5.41, 5.74) is 17.6. The van der Waals surface area contributed by atoms with Crippen molar-refractivity contribution in [3.63, 3.8) is 0 Å². The molecule has 1 heterocycles. The summed E-state index contributed by atoms with van der Waals surface area (Å²) >= 11 is 0. The van der Waals surface area contributed by atoms with Gasteiger partial charge in [-0.1, -0.05) is 81.1 Å². The van der Waals surface area contributed by atoms with Crippen molar-refractivity contribution in [3.05, 3.63) is 0 Å². The van der Waals surface area contributed by atoms with Gasteiger partial charge >= 0.3 is 0 Å². The van der Waals surface area contributed by atoms with Crippen LogP contribution in [0.25, 0.3) is 0 Å². The van der Waals surface area contributed by atoms with Crippen LogP contribution in [0.3, 0.4) is 0 Å². The van der Waals surface area contributed by atoms with Gasteiger partial charge in [-0.3, -0.25) is 43.2 Å². The lowest BCUT2D eigenvalue weighted by Crippen LogP contribution is -2.61. The van der Waals surface area contributed by atoms with Gasteiger partial charge in [-0.15, -0.1) is 0 Å². The molecule has 23 nitrogen and oxygen atoms in total. The quantitative estimate of drug-likeness (QED) is 0.0462. The molecule has 1 aliphatic rings. The Balaban J connectivity index is 3.74. The molecule has 0 aromatic rings. The van der Waals surface area contributed by atoms with E-state index in [4.69, 9.17) is 17.2 Å². The van der Waals surface area contributed by atoms with Crippen LogP contribution in [0.4, 0.5) is 0 Å². The van der Waals surface area contributed by atoms with Gasteiger partial charge in [0.1, 0.15) is 48.3 Å². The number of nitrogens with two attached hydrogens (primary N) is 3. The molecule has 1 saturated heterocycles. The van der Waals surface area contributed by atoms with E-state index < -0.39 is 114 Å². The van der Waals surface area contributed by atoms with Gasteiger partial charge in [-0.2, -0.15) is 0 Å². The summed E-state index contributed by atoms with van der Waals surface area (Å²) in [7, 11) is 0. The maximum Gasteiger partial charge on any atom is 0.245 e. The molecule has 4 unspecified atom stereocenters. The second kappa shape index (κ2) is 34.4. The Hall–Kier alpha value is -4.97. The summed E-state index contributed by atoms with van der Waals surface area (Å²) < 4.78 is 0. The second-order valence-corrected chi connectivity index (χ2v) is 20.3. The first-order valence-electron chi connectivity index (χ1n) is 25.5. The van der Waals surface area contributed by atoms with Gasteiger partial charge in [0.2, 0.25) is 53.2 Å². The van der Waals surface area contributed by atoms with Crippen LogP contribution in [0.2, 0.25) is 0 Å². The first kappa shape index (κ1) is 64.0. The summed E-state index contributed by atoms with van der Waals surface area (Å²) in [5, 5.41) is 44.3. The van der Waals surface area contributed by atoms with Crippen molar-refractivity contribution in [2.75, 3.05) is 32.8 Å². The van der Waals surface area contributed by atoms with Gasteiger partial charge in [0.05, 0.1) is 19.1 Å². The number of carbonyl (C=O) groups excluding carboxylic acids is 9. The number of unbranched alkanes of at least 4 members (excludes halogenated alkanes) is 2. The van der Waals surface area contributed by atoms with Gasteiger partial charge in [-0.05, 0) is 94.7 Å². The third-order valence-electron chi connectivity index (χ3n) is 11.7. The highest BCUT2D eigenvalue weighted by Crippen LogP contribution is 2.14. The molecule has 0 saturated carbocycles. The molecule has 1 rings (SSSR count). The van der Waals surface area contributed by atoms with Crippen LogP contribution in [0.15, 0.2) is 0 Å². The number of carbonyl (C=O) groups is 9. The lowest BCUT2D eigenvalue weighted by atomic mass is 9.99. The van der Waals surface area contributed by atoms with Crippen LogP contribution < -0.4 is 65.1 Å². The molecule has 0 radical (unpaired) electrons. The topological polar surface area (TPSA) is 380 Å². The lowest BCUT2D eigenvalue weighted by molar-refractivity contribution is -0.136. The van der Waals surface area contributed by atoms with Gasteiger partial charge in [-0.25, -0.2) is 0 Å². The van der Waals surface area contributed by atoms with E-state index in [0.29, 0.717) is 18.8 Å². The molecule has 0 aromatic heterocycles. The third kappa shape index (κ3) is 25.8.